The standard InChI is InChI=1S/C14H18ClNO2/c1-9(15)14(17)16-13(10-3-4-10)11-5-7-12(18-2)8-6-11/h5-10,13H,3-4H2,1-2H3,(H,16,17). The van der Waals surface area contributed by atoms with Gasteiger partial charge in [0.25, 0.3) is 0 Å². The molecular formula is C14H18ClNO2. The molecule has 0 heterocycles. The Morgan fingerprint density at radius 1 is 1.39 bits per heavy atom. The first-order valence-electron chi connectivity index (χ1n) is 6.20. The second kappa shape index (κ2) is 5.61. The van der Waals surface area contributed by atoms with Crippen molar-refractivity contribution in [2.24, 2.45) is 5.92 Å². The lowest BCUT2D eigenvalue weighted by Gasteiger charge is -2.20. The van der Waals surface area contributed by atoms with Gasteiger partial charge in [-0.15, -0.1) is 11.6 Å². The molecule has 2 unspecified atom stereocenters. The molecule has 1 fully saturated rings. The molecule has 0 radical (unpaired) electrons. The number of amides is 1. The maximum Gasteiger partial charge on any atom is 0.238 e. The number of hydrogen-bond acceptors (Lipinski definition) is 2. The van der Waals surface area contributed by atoms with E-state index in [0.29, 0.717) is 5.92 Å². The smallest absolute Gasteiger partial charge is 0.238 e. The first-order chi connectivity index (χ1) is 8.61. The summed E-state index contributed by atoms with van der Waals surface area (Å²) in [5.74, 6) is 1.26. The minimum atomic E-state index is -0.496. The van der Waals surface area contributed by atoms with Gasteiger partial charge in [-0.05, 0) is 43.4 Å². The first kappa shape index (κ1) is 13.2. The number of carbonyl (C=O) groups excluding carboxylic acids is 1. The van der Waals surface area contributed by atoms with Crippen LogP contribution in [0.5, 0.6) is 5.75 Å². The fraction of sp³-hybridized carbons (Fsp3) is 0.500. The zero-order valence-corrected chi connectivity index (χ0v) is 11.4. The molecule has 1 saturated carbocycles. The number of halogens is 1. The first-order valence-corrected chi connectivity index (χ1v) is 6.64. The van der Waals surface area contributed by atoms with E-state index in [1.54, 1.807) is 14.0 Å². The molecule has 1 aromatic carbocycles. The molecule has 2 rings (SSSR count). The van der Waals surface area contributed by atoms with Crippen molar-refractivity contribution in [2.75, 3.05) is 7.11 Å². The van der Waals surface area contributed by atoms with Crippen LogP contribution in [0.4, 0.5) is 0 Å². The van der Waals surface area contributed by atoms with E-state index < -0.39 is 5.38 Å². The Balaban J connectivity index is 2.11. The summed E-state index contributed by atoms with van der Waals surface area (Å²) < 4.78 is 5.14. The van der Waals surface area contributed by atoms with Gasteiger partial charge < -0.3 is 10.1 Å². The Kier molecular flexibility index (Phi) is 4.12. The minimum Gasteiger partial charge on any atom is -0.497 e. The topological polar surface area (TPSA) is 38.3 Å². The normalized spacial score (nSPS) is 17.9. The summed E-state index contributed by atoms with van der Waals surface area (Å²) in [6.07, 6.45) is 2.32. The predicted molar refractivity (Wildman–Crippen MR) is 71.9 cm³/mol. The predicted octanol–water partition coefficient (Wildman–Crippen LogP) is 2.89. The lowest BCUT2D eigenvalue weighted by molar-refractivity contribution is -0.121. The van der Waals surface area contributed by atoms with Crippen molar-refractivity contribution in [2.45, 2.75) is 31.2 Å². The van der Waals surface area contributed by atoms with E-state index in [9.17, 15) is 4.79 Å². The lowest BCUT2D eigenvalue weighted by Crippen LogP contribution is -2.34. The Bertz CT molecular complexity index is 412. The molecule has 1 N–H and O–H groups in total. The third-order valence-corrected chi connectivity index (χ3v) is 3.43. The van der Waals surface area contributed by atoms with Crippen molar-refractivity contribution in [3.8, 4) is 5.75 Å². The van der Waals surface area contributed by atoms with Crippen LogP contribution in [0.25, 0.3) is 0 Å². The number of carbonyl (C=O) groups is 1. The molecule has 1 aromatic rings. The van der Waals surface area contributed by atoms with Gasteiger partial charge in [-0.2, -0.15) is 0 Å². The number of nitrogens with one attached hydrogen (secondary N) is 1. The van der Waals surface area contributed by atoms with Crippen LogP contribution in [-0.2, 0) is 4.79 Å². The van der Waals surface area contributed by atoms with Crippen LogP contribution in [0.2, 0.25) is 0 Å². The van der Waals surface area contributed by atoms with Gasteiger partial charge in [-0.3, -0.25) is 4.79 Å². The summed E-state index contributed by atoms with van der Waals surface area (Å²) in [5, 5.41) is 2.52. The summed E-state index contributed by atoms with van der Waals surface area (Å²) >= 11 is 5.80. The number of rotatable bonds is 5. The highest BCUT2D eigenvalue weighted by Crippen LogP contribution is 2.41. The average molecular weight is 268 g/mol. The van der Waals surface area contributed by atoms with Gasteiger partial charge in [0, 0.05) is 0 Å². The minimum absolute atomic E-state index is 0.0737. The van der Waals surface area contributed by atoms with E-state index in [4.69, 9.17) is 16.3 Å². The zero-order valence-electron chi connectivity index (χ0n) is 10.7. The van der Waals surface area contributed by atoms with Crippen molar-refractivity contribution in [1.82, 2.24) is 5.32 Å². The number of hydrogen-bond donors (Lipinski definition) is 1. The molecule has 0 spiro atoms. The van der Waals surface area contributed by atoms with E-state index >= 15 is 0 Å². The van der Waals surface area contributed by atoms with Crippen molar-refractivity contribution < 1.29 is 9.53 Å². The van der Waals surface area contributed by atoms with Gasteiger partial charge in [0.15, 0.2) is 0 Å². The zero-order chi connectivity index (χ0) is 13.1. The molecule has 1 aliphatic rings. The Morgan fingerprint density at radius 3 is 2.44 bits per heavy atom. The molecule has 0 aliphatic heterocycles. The van der Waals surface area contributed by atoms with Gasteiger partial charge in [-0.1, -0.05) is 12.1 Å². The fourth-order valence-corrected chi connectivity index (χ4v) is 2.05. The number of methoxy groups -OCH3 is 1. The van der Waals surface area contributed by atoms with Crippen LogP contribution in [-0.4, -0.2) is 18.4 Å². The molecule has 0 saturated heterocycles. The van der Waals surface area contributed by atoms with Crippen molar-refractivity contribution in [1.29, 1.82) is 0 Å². The molecule has 2 atom stereocenters. The fourth-order valence-electron chi connectivity index (χ4n) is 1.98. The Labute approximate surface area is 112 Å². The van der Waals surface area contributed by atoms with E-state index in [2.05, 4.69) is 5.32 Å². The SMILES string of the molecule is COc1ccc(C(NC(=O)C(C)Cl)C2CC2)cc1. The van der Waals surface area contributed by atoms with Crippen LogP contribution in [0.1, 0.15) is 31.4 Å². The van der Waals surface area contributed by atoms with Crippen LogP contribution in [0.3, 0.4) is 0 Å². The molecule has 1 amide bonds. The molecule has 98 valence electrons. The van der Waals surface area contributed by atoms with Gasteiger partial charge >= 0.3 is 0 Å². The van der Waals surface area contributed by atoms with Crippen molar-refractivity contribution in [3.05, 3.63) is 29.8 Å². The highest BCUT2D eigenvalue weighted by Gasteiger charge is 2.33. The van der Waals surface area contributed by atoms with Gasteiger partial charge in [-0.25, -0.2) is 0 Å². The van der Waals surface area contributed by atoms with E-state index in [1.165, 1.54) is 0 Å². The van der Waals surface area contributed by atoms with Crippen LogP contribution in [0.15, 0.2) is 24.3 Å². The average Bonchev–Trinajstić information content (AvgIpc) is 3.20. The second-order valence-corrected chi connectivity index (χ2v) is 5.37. The summed E-state index contributed by atoms with van der Waals surface area (Å²) in [5.41, 5.74) is 1.11. The van der Waals surface area contributed by atoms with Crippen molar-refractivity contribution in [3.63, 3.8) is 0 Å². The quantitative estimate of drug-likeness (QED) is 0.833. The largest absolute Gasteiger partial charge is 0.497 e. The van der Waals surface area contributed by atoms with E-state index in [-0.39, 0.29) is 11.9 Å². The van der Waals surface area contributed by atoms with E-state index in [0.717, 1.165) is 24.2 Å². The molecule has 4 heteroatoms. The Hall–Kier alpha value is -1.22. The van der Waals surface area contributed by atoms with Crippen LogP contribution in [0, 0.1) is 5.92 Å². The summed E-state index contributed by atoms with van der Waals surface area (Å²) in [4.78, 5) is 11.7. The maximum atomic E-state index is 11.7. The van der Waals surface area contributed by atoms with Gasteiger partial charge in [0.05, 0.1) is 13.2 Å². The van der Waals surface area contributed by atoms with Crippen LogP contribution < -0.4 is 10.1 Å². The summed E-state index contributed by atoms with van der Waals surface area (Å²) in [7, 11) is 1.64. The molecular weight excluding hydrogens is 250 g/mol. The van der Waals surface area contributed by atoms with Gasteiger partial charge in [0.1, 0.15) is 11.1 Å². The highest BCUT2D eigenvalue weighted by molar-refractivity contribution is 6.30. The lowest BCUT2D eigenvalue weighted by atomic mass is 10.0. The molecule has 0 aromatic heterocycles. The van der Waals surface area contributed by atoms with Gasteiger partial charge in [0.2, 0.25) is 5.91 Å². The number of benzene rings is 1. The third-order valence-electron chi connectivity index (χ3n) is 3.23. The molecule has 1 aliphatic carbocycles. The third kappa shape index (κ3) is 3.16. The molecule has 3 nitrogen and oxygen atoms in total. The second-order valence-electron chi connectivity index (χ2n) is 4.71. The highest BCUT2D eigenvalue weighted by atomic mass is 35.5. The Morgan fingerprint density at radius 2 is 2.00 bits per heavy atom. The number of alkyl halides is 1. The molecule has 0 bridgehead atoms. The summed E-state index contributed by atoms with van der Waals surface area (Å²) in [6.45, 7) is 1.69. The monoisotopic (exact) mass is 267 g/mol. The van der Waals surface area contributed by atoms with Crippen molar-refractivity contribution >= 4 is 17.5 Å². The van der Waals surface area contributed by atoms with Crippen LogP contribution >= 0.6 is 11.6 Å². The van der Waals surface area contributed by atoms with E-state index in [1.807, 2.05) is 24.3 Å². The molecule has 18 heavy (non-hydrogen) atoms. The maximum absolute atomic E-state index is 11.7. The summed E-state index contributed by atoms with van der Waals surface area (Å²) in [6, 6.07) is 7.91. The number of ether oxygens (including phenoxy) is 1.